The Hall–Kier alpha value is -2.63. The molecule has 3 aromatic rings. The minimum absolute atomic E-state index is 0.153. The number of nitrogens with zero attached hydrogens (tertiary/aromatic N) is 3. The molecule has 0 amide bonds. The smallest absolute Gasteiger partial charge is 0.172 e. The van der Waals surface area contributed by atoms with Crippen LogP contribution in [0.25, 0.3) is 17.0 Å². The highest BCUT2D eigenvalue weighted by atomic mass is 19.2. The molecule has 0 aliphatic heterocycles. The third-order valence-electron chi connectivity index (χ3n) is 2.72. The maximum atomic E-state index is 13.3. The van der Waals surface area contributed by atoms with E-state index in [1.165, 1.54) is 12.3 Å². The van der Waals surface area contributed by atoms with E-state index in [0.29, 0.717) is 23.3 Å². The summed E-state index contributed by atoms with van der Waals surface area (Å²) in [7, 11) is 0. The van der Waals surface area contributed by atoms with Crippen molar-refractivity contribution in [1.29, 1.82) is 0 Å². The van der Waals surface area contributed by atoms with Crippen molar-refractivity contribution in [2.45, 2.75) is 0 Å². The largest absolute Gasteiger partial charge is 0.296 e. The van der Waals surface area contributed by atoms with Crippen LogP contribution in [0.2, 0.25) is 0 Å². The van der Waals surface area contributed by atoms with Gasteiger partial charge < -0.3 is 0 Å². The van der Waals surface area contributed by atoms with Crippen LogP contribution in [0.5, 0.6) is 0 Å². The molecule has 2 aromatic heterocycles. The van der Waals surface area contributed by atoms with Gasteiger partial charge in [-0.1, -0.05) is 0 Å². The summed E-state index contributed by atoms with van der Waals surface area (Å²) in [5.41, 5.74) is 0.896. The summed E-state index contributed by atoms with van der Waals surface area (Å²) in [4.78, 5) is 19.1. The number of benzene rings is 1. The minimum Gasteiger partial charge on any atom is -0.296 e. The number of imidazole rings is 1. The standard InChI is InChI=1S/C13H7F2N3O/c14-9-3-2-8(6-10(9)15)12-17-11(7-19)13-16-4-1-5-18(12)13/h1-7H. The second-order valence-electron chi connectivity index (χ2n) is 3.88. The second-order valence-corrected chi connectivity index (χ2v) is 3.88. The molecule has 19 heavy (non-hydrogen) atoms. The lowest BCUT2D eigenvalue weighted by Crippen LogP contribution is -1.92. The van der Waals surface area contributed by atoms with E-state index >= 15 is 0 Å². The molecule has 94 valence electrons. The Morgan fingerprint density at radius 1 is 1.21 bits per heavy atom. The van der Waals surface area contributed by atoms with Gasteiger partial charge in [-0.3, -0.25) is 9.20 Å². The van der Waals surface area contributed by atoms with E-state index in [0.717, 1.165) is 12.1 Å². The van der Waals surface area contributed by atoms with Crippen molar-refractivity contribution in [3.63, 3.8) is 0 Å². The highest BCUT2D eigenvalue weighted by Gasteiger charge is 2.14. The van der Waals surface area contributed by atoms with Gasteiger partial charge in [-0.25, -0.2) is 18.7 Å². The molecule has 0 spiro atoms. The van der Waals surface area contributed by atoms with E-state index in [9.17, 15) is 13.6 Å². The third kappa shape index (κ3) is 1.77. The molecule has 0 N–H and O–H groups in total. The fourth-order valence-corrected chi connectivity index (χ4v) is 1.87. The van der Waals surface area contributed by atoms with E-state index in [4.69, 9.17) is 0 Å². The van der Waals surface area contributed by atoms with E-state index in [2.05, 4.69) is 9.97 Å². The van der Waals surface area contributed by atoms with Crippen LogP contribution in [0.1, 0.15) is 10.5 Å². The monoisotopic (exact) mass is 259 g/mol. The molecule has 6 heteroatoms. The Morgan fingerprint density at radius 3 is 2.79 bits per heavy atom. The van der Waals surface area contributed by atoms with Crippen LogP contribution in [0.15, 0.2) is 36.7 Å². The minimum atomic E-state index is -0.967. The molecular weight excluding hydrogens is 252 g/mol. The SMILES string of the molecule is O=Cc1nc(-c2ccc(F)c(F)c2)n2cccnc12. The van der Waals surface area contributed by atoms with E-state index in [1.54, 1.807) is 16.7 Å². The van der Waals surface area contributed by atoms with Crippen molar-refractivity contribution in [3.05, 3.63) is 54.0 Å². The number of carbonyl (C=O) groups excluding carboxylic acids is 1. The molecule has 2 heterocycles. The number of halogens is 2. The van der Waals surface area contributed by atoms with Gasteiger partial charge in [0.05, 0.1) is 0 Å². The molecule has 1 aromatic carbocycles. The molecule has 0 saturated heterocycles. The van der Waals surface area contributed by atoms with Gasteiger partial charge in [-0.15, -0.1) is 0 Å². The van der Waals surface area contributed by atoms with Crippen molar-refractivity contribution < 1.29 is 13.6 Å². The highest BCUT2D eigenvalue weighted by Crippen LogP contribution is 2.22. The van der Waals surface area contributed by atoms with Crippen LogP contribution in [-0.4, -0.2) is 20.7 Å². The van der Waals surface area contributed by atoms with Gasteiger partial charge in [-0.2, -0.15) is 0 Å². The van der Waals surface area contributed by atoms with Crippen LogP contribution in [0, 0.1) is 11.6 Å². The fourth-order valence-electron chi connectivity index (χ4n) is 1.87. The van der Waals surface area contributed by atoms with Crippen molar-refractivity contribution >= 4 is 11.9 Å². The molecule has 0 atom stereocenters. The third-order valence-corrected chi connectivity index (χ3v) is 2.72. The van der Waals surface area contributed by atoms with Gasteiger partial charge in [0.25, 0.3) is 0 Å². The summed E-state index contributed by atoms with van der Waals surface area (Å²) in [5, 5.41) is 0. The summed E-state index contributed by atoms with van der Waals surface area (Å²) < 4.78 is 27.7. The highest BCUT2D eigenvalue weighted by molar-refractivity contribution is 5.84. The van der Waals surface area contributed by atoms with Crippen LogP contribution >= 0.6 is 0 Å². The number of aromatic nitrogens is 3. The second kappa shape index (κ2) is 4.24. The Kier molecular flexibility index (Phi) is 2.56. The van der Waals surface area contributed by atoms with Gasteiger partial charge >= 0.3 is 0 Å². The average Bonchev–Trinajstić information content (AvgIpc) is 2.81. The molecular formula is C13H7F2N3O. The zero-order valence-corrected chi connectivity index (χ0v) is 9.55. The predicted molar refractivity (Wildman–Crippen MR) is 63.7 cm³/mol. The maximum absolute atomic E-state index is 13.3. The average molecular weight is 259 g/mol. The summed E-state index contributed by atoms with van der Waals surface area (Å²) in [6.07, 6.45) is 3.75. The Labute approximate surface area is 106 Å². The molecule has 3 rings (SSSR count). The predicted octanol–water partition coefficient (Wildman–Crippen LogP) is 2.49. The van der Waals surface area contributed by atoms with E-state index in [1.807, 2.05) is 0 Å². The quantitative estimate of drug-likeness (QED) is 0.664. The molecule has 0 saturated carbocycles. The molecule has 0 fully saturated rings. The van der Waals surface area contributed by atoms with Crippen LogP contribution < -0.4 is 0 Å². The zero-order valence-electron chi connectivity index (χ0n) is 9.55. The van der Waals surface area contributed by atoms with Gasteiger partial charge in [0.1, 0.15) is 11.5 Å². The van der Waals surface area contributed by atoms with Crippen molar-refractivity contribution in [2.24, 2.45) is 0 Å². The first-order chi connectivity index (χ1) is 9.20. The summed E-state index contributed by atoms with van der Waals surface area (Å²) in [6, 6.07) is 5.11. The van der Waals surface area contributed by atoms with Gasteiger partial charge in [0.15, 0.2) is 23.6 Å². The van der Waals surface area contributed by atoms with Crippen molar-refractivity contribution in [3.8, 4) is 11.4 Å². The fraction of sp³-hybridized carbons (Fsp3) is 0. The molecule has 0 radical (unpaired) electrons. The Morgan fingerprint density at radius 2 is 2.05 bits per heavy atom. The van der Waals surface area contributed by atoms with Crippen LogP contribution in [0.4, 0.5) is 8.78 Å². The molecule has 0 aliphatic rings. The number of rotatable bonds is 2. The zero-order chi connectivity index (χ0) is 13.4. The number of aldehydes is 1. The topological polar surface area (TPSA) is 47.3 Å². The first-order valence-electron chi connectivity index (χ1n) is 5.44. The van der Waals surface area contributed by atoms with Gasteiger partial charge in [0, 0.05) is 18.0 Å². The first-order valence-corrected chi connectivity index (χ1v) is 5.44. The van der Waals surface area contributed by atoms with E-state index < -0.39 is 11.6 Å². The van der Waals surface area contributed by atoms with Crippen LogP contribution in [0.3, 0.4) is 0 Å². The molecule has 0 bridgehead atoms. The first kappa shape index (κ1) is 11.5. The Balaban J connectivity index is 2.30. The lowest BCUT2D eigenvalue weighted by molar-refractivity contribution is 0.112. The van der Waals surface area contributed by atoms with Crippen molar-refractivity contribution in [2.75, 3.05) is 0 Å². The summed E-state index contributed by atoms with van der Waals surface area (Å²) >= 11 is 0. The Bertz CT molecular complexity index is 783. The van der Waals surface area contributed by atoms with Crippen LogP contribution in [-0.2, 0) is 0 Å². The number of hydrogen-bond acceptors (Lipinski definition) is 3. The maximum Gasteiger partial charge on any atom is 0.172 e. The molecule has 0 aliphatic carbocycles. The van der Waals surface area contributed by atoms with Gasteiger partial charge in [-0.05, 0) is 24.3 Å². The van der Waals surface area contributed by atoms with Crippen molar-refractivity contribution in [1.82, 2.24) is 14.4 Å². The lowest BCUT2D eigenvalue weighted by Gasteiger charge is -2.01. The molecule has 4 nitrogen and oxygen atoms in total. The number of carbonyl (C=O) groups is 1. The summed E-state index contributed by atoms with van der Waals surface area (Å²) in [5.74, 6) is -1.56. The number of fused-ring (bicyclic) bond motifs is 1. The van der Waals surface area contributed by atoms with E-state index in [-0.39, 0.29) is 5.69 Å². The number of hydrogen-bond donors (Lipinski definition) is 0. The van der Waals surface area contributed by atoms with Gasteiger partial charge in [0.2, 0.25) is 0 Å². The normalized spacial score (nSPS) is 10.8. The molecule has 0 unspecified atom stereocenters. The summed E-state index contributed by atoms with van der Waals surface area (Å²) in [6.45, 7) is 0. The lowest BCUT2D eigenvalue weighted by atomic mass is 10.2.